The van der Waals surface area contributed by atoms with Crippen molar-refractivity contribution in [2.24, 2.45) is 0 Å². The van der Waals surface area contributed by atoms with Crippen LogP contribution in [-0.4, -0.2) is 17.1 Å². The zero-order chi connectivity index (χ0) is 16.8. The van der Waals surface area contributed by atoms with Gasteiger partial charge in [0.05, 0.1) is 12.3 Å². The molecule has 0 atom stereocenters. The molecule has 0 bridgehead atoms. The van der Waals surface area contributed by atoms with Gasteiger partial charge in [-0.2, -0.15) is 0 Å². The minimum Gasteiger partial charge on any atom is -0.492 e. The number of aromatic nitrogens is 1. The number of pyridine rings is 1. The Bertz CT molecular complexity index is 761. The van der Waals surface area contributed by atoms with Gasteiger partial charge in [-0.15, -0.1) is 0 Å². The summed E-state index contributed by atoms with van der Waals surface area (Å²) >= 11 is 3.28. The number of anilines is 1. The quantitative estimate of drug-likeness (QED) is 0.834. The monoisotopic (exact) mass is 382 g/mol. The summed E-state index contributed by atoms with van der Waals surface area (Å²) in [5.41, 5.74) is 0.220. The van der Waals surface area contributed by atoms with Crippen LogP contribution in [0.25, 0.3) is 0 Å². The summed E-state index contributed by atoms with van der Waals surface area (Å²) in [6.07, 6.45) is 1.73. The molecule has 0 radical (unpaired) electrons. The first-order chi connectivity index (χ1) is 11.0. The van der Waals surface area contributed by atoms with Gasteiger partial charge in [0.2, 0.25) is 5.91 Å². The molecular formula is C16H16BrFN2O3. The van der Waals surface area contributed by atoms with Gasteiger partial charge in [-0.25, -0.2) is 4.39 Å². The van der Waals surface area contributed by atoms with Crippen LogP contribution in [0, 0.1) is 5.82 Å². The van der Waals surface area contributed by atoms with E-state index in [1.54, 1.807) is 19.2 Å². The summed E-state index contributed by atoms with van der Waals surface area (Å²) in [5, 5.41) is 2.67. The van der Waals surface area contributed by atoms with E-state index in [-0.39, 0.29) is 30.2 Å². The zero-order valence-corrected chi connectivity index (χ0v) is 14.1. The van der Waals surface area contributed by atoms with E-state index in [0.29, 0.717) is 12.3 Å². The minimum absolute atomic E-state index is 0.110. The molecule has 0 unspecified atom stereocenters. The topological polar surface area (TPSA) is 60.3 Å². The van der Waals surface area contributed by atoms with E-state index < -0.39 is 5.82 Å². The lowest BCUT2D eigenvalue weighted by atomic mass is 10.2. The van der Waals surface area contributed by atoms with Crippen LogP contribution in [0.3, 0.4) is 0 Å². The number of rotatable bonds is 6. The fraction of sp³-hybridized carbons (Fsp3) is 0.250. The third-order valence-corrected chi connectivity index (χ3v) is 3.51. The van der Waals surface area contributed by atoms with Gasteiger partial charge in [0.1, 0.15) is 11.6 Å². The molecule has 1 N–H and O–H groups in total. The van der Waals surface area contributed by atoms with Gasteiger partial charge < -0.3 is 14.6 Å². The van der Waals surface area contributed by atoms with Gasteiger partial charge in [-0.3, -0.25) is 9.59 Å². The van der Waals surface area contributed by atoms with Crippen LogP contribution in [0.4, 0.5) is 10.1 Å². The maximum atomic E-state index is 13.2. The Morgan fingerprint density at radius 2 is 2.13 bits per heavy atom. The number of hydrogen-bond acceptors (Lipinski definition) is 3. The van der Waals surface area contributed by atoms with Gasteiger partial charge in [0.15, 0.2) is 0 Å². The molecule has 0 saturated carbocycles. The van der Waals surface area contributed by atoms with Gasteiger partial charge in [0.25, 0.3) is 5.56 Å². The first-order valence-corrected chi connectivity index (χ1v) is 7.87. The maximum absolute atomic E-state index is 13.2. The molecule has 0 aliphatic carbocycles. The zero-order valence-electron chi connectivity index (χ0n) is 12.5. The Kier molecular flexibility index (Phi) is 5.92. The van der Waals surface area contributed by atoms with Crippen molar-refractivity contribution >= 4 is 27.5 Å². The third-order valence-electron chi connectivity index (χ3n) is 3.04. The van der Waals surface area contributed by atoms with E-state index >= 15 is 0 Å². The number of carbonyl (C=O) groups excluding carboxylic acids is 1. The molecule has 1 aromatic carbocycles. The summed E-state index contributed by atoms with van der Waals surface area (Å²) in [6, 6.07) is 6.99. The Hall–Kier alpha value is -2.15. The number of nitrogens with one attached hydrogen (secondary N) is 1. The molecule has 0 spiro atoms. The molecule has 0 fully saturated rings. The molecule has 5 nitrogen and oxygen atoms in total. The van der Waals surface area contributed by atoms with Gasteiger partial charge >= 0.3 is 0 Å². The van der Waals surface area contributed by atoms with Crippen molar-refractivity contribution in [2.45, 2.75) is 19.9 Å². The van der Waals surface area contributed by atoms with Crippen molar-refractivity contribution in [3.05, 3.63) is 57.2 Å². The predicted molar refractivity (Wildman–Crippen MR) is 89.2 cm³/mol. The van der Waals surface area contributed by atoms with Crippen molar-refractivity contribution in [1.82, 2.24) is 4.57 Å². The average molecular weight is 383 g/mol. The molecule has 0 aliphatic heterocycles. The number of halogens is 2. The fourth-order valence-corrected chi connectivity index (χ4v) is 2.37. The molecule has 23 heavy (non-hydrogen) atoms. The van der Waals surface area contributed by atoms with Crippen molar-refractivity contribution < 1.29 is 13.9 Å². The molecule has 7 heteroatoms. The number of nitrogens with zero attached hydrogens (tertiary/aromatic N) is 1. The molecule has 2 aromatic rings. The lowest BCUT2D eigenvalue weighted by Crippen LogP contribution is -2.22. The van der Waals surface area contributed by atoms with Crippen LogP contribution in [0.2, 0.25) is 0 Å². The maximum Gasteiger partial charge on any atom is 0.250 e. The highest BCUT2D eigenvalue weighted by Crippen LogP contribution is 2.25. The summed E-state index contributed by atoms with van der Waals surface area (Å²) in [6.45, 7) is 2.38. The molecule has 1 amide bonds. The smallest absolute Gasteiger partial charge is 0.250 e. The number of ether oxygens (including phenoxy) is 1. The summed E-state index contributed by atoms with van der Waals surface area (Å²) in [4.78, 5) is 23.7. The Morgan fingerprint density at radius 1 is 1.35 bits per heavy atom. The van der Waals surface area contributed by atoms with Gasteiger partial charge in [-0.1, -0.05) is 0 Å². The van der Waals surface area contributed by atoms with E-state index in [0.717, 1.165) is 4.47 Å². The van der Waals surface area contributed by atoms with Crippen LogP contribution < -0.4 is 15.6 Å². The molecule has 1 heterocycles. The number of hydrogen-bond donors (Lipinski definition) is 1. The molecule has 122 valence electrons. The van der Waals surface area contributed by atoms with E-state index in [2.05, 4.69) is 21.2 Å². The number of amides is 1. The number of benzene rings is 1. The third kappa shape index (κ3) is 4.92. The second-order valence-corrected chi connectivity index (χ2v) is 5.67. The lowest BCUT2D eigenvalue weighted by molar-refractivity contribution is -0.116. The summed E-state index contributed by atoms with van der Waals surface area (Å²) in [7, 11) is 0. The van der Waals surface area contributed by atoms with Crippen LogP contribution in [0.15, 0.2) is 45.8 Å². The Balaban J connectivity index is 2.02. The first-order valence-electron chi connectivity index (χ1n) is 7.08. The van der Waals surface area contributed by atoms with Gasteiger partial charge in [-0.05, 0) is 41.1 Å². The van der Waals surface area contributed by atoms with Crippen LogP contribution in [0.1, 0.15) is 13.3 Å². The highest BCUT2D eigenvalue weighted by Gasteiger charge is 2.10. The van der Waals surface area contributed by atoms with E-state index in [1.165, 1.54) is 28.8 Å². The van der Waals surface area contributed by atoms with E-state index in [9.17, 15) is 14.0 Å². The molecule has 2 rings (SSSR count). The number of carbonyl (C=O) groups is 1. The minimum atomic E-state index is -0.438. The van der Waals surface area contributed by atoms with Crippen LogP contribution >= 0.6 is 15.9 Å². The van der Waals surface area contributed by atoms with Gasteiger partial charge in [0, 0.05) is 35.8 Å². The average Bonchev–Trinajstić information content (AvgIpc) is 2.51. The van der Waals surface area contributed by atoms with Crippen molar-refractivity contribution in [3.8, 4) is 5.75 Å². The molecular weight excluding hydrogens is 367 g/mol. The summed E-state index contributed by atoms with van der Waals surface area (Å²) in [5.74, 6) is -0.447. The lowest BCUT2D eigenvalue weighted by Gasteiger charge is -2.12. The predicted octanol–water partition coefficient (Wildman–Crippen LogP) is 3.18. The highest BCUT2D eigenvalue weighted by atomic mass is 79.9. The second kappa shape index (κ2) is 7.92. The van der Waals surface area contributed by atoms with Crippen LogP contribution in [0.5, 0.6) is 5.75 Å². The standard InChI is InChI=1S/C16H16BrFN2O3/c1-2-23-14-9-12(18)4-5-13(14)19-15(21)7-8-20-10-11(17)3-6-16(20)22/h3-6,9-10H,2,7-8H2,1H3,(H,19,21). The SMILES string of the molecule is CCOc1cc(F)ccc1NC(=O)CCn1cc(Br)ccc1=O. The normalized spacial score (nSPS) is 10.4. The fourth-order valence-electron chi connectivity index (χ4n) is 1.99. The van der Waals surface area contributed by atoms with E-state index in [1.807, 2.05) is 0 Å². The van der Waals surface area contributed by atoms with Crippen LogP contribution in [-0.2, 0) is 11.3 Å². The Labute approximate surface area is 141 Å². The first kappa shape index (κ1) is 17.2. The summed E-state index contributed by atoms with van der Waals surface area (Å²) < 4.78 is 20.7. The molecule has 0 aliphatic rings. The van der Waals surface area contributed by atoms with Crippen molar-refractivity contribution in [1.29, 1.82) is 0 Å². The second-order valence-electron chi connectivity index (χ2n) is 4.75. The van der Waals surface area contributed by atoms with Crippen molar-refractivity contribution in [2.75, 3.05) is 11.9 Å². The molecule has 1 aromatic heterocycles. The largest absolute Gasteiger partial charge is 0.492 e. The highest BCUT2D eigenvalue weighted by molar-refractivity contribution is 9.10. The van der Waals surface area contributed by atoms with E-state index in [4.69, 9.17) is 4.74 Å². The Morgan fingerprint density at radius 3 is 2.87 bits per heavy atom. The molecule has 0 saturated heterocycles. The number of aryl methyl sites for hydroxylation is 1. The van der Waals surface area contributed by atoms with Crippen molar-refractivity contribution in [3.63, 3.8) is 0 Å².